The normalized spacial score (nSPS) is 13.3. The molecule has 226 valence electrons. The van der Waals surface area contributed by atoms with Crippen molar-refractivity contribution in [3.63, 3.8) is 0 Å². The van der Waals surface area contributed by atoms with E-state index in [1.807, 2.05) is 44.2 Å². The van der Waals surface area contributed by atoms with Gasteiger partial charge in [-0.2, -0.15) is 4.31 Å². The van der Waals surface area contributed by atoms with Crippen LogP contribution < -0.4 is 20.5 Å². The summed E-state index contributed by atoms with van der Waals surface area (Å²) >= 11 is 0. The molecule has 0 aliphatic carbocycles. The molecule has 5 N–H and O–H groups in total. The monoisotopic (exact) mass is 597 g/mol. The number of nitrogens with one attached hydrogen (secondary N) is 1. The van der Waals surface area contributed by atoms with Crippen LogP contribution in [0.5, 0.6) is 17.2 Å². The molecule has 0 heterocycles. The number of aliphatic hydroxyl groups is 1. The second-order valence-corrected chi connectivity index (χ2v) is 12.2. The van der Waals surface area contributed by atoms with Crippen molar-refractivity contribution in [2.45, 2.75) is 37.3 Å². The van der Waals surface area contributed by atoms with Crippen molar-refractivity contribution in [1.82, 2.24) is 9.62 Å². The smallest absolute Gasteiger partial charge is 0.244 e. The standard InChI is InChI=1S/C31H39N3O7S/c1-21(2)19-34(42(38,39)25-13-11-24(32)12-14-25)20-27(35)26(16-22-8-6-5-7-9-22)33-30(36)15-10-23-17-28(40-3)31(37)29(18-23)41-4/h5-15,17-18,21,26-27,35,37H,16,19-20,32H2,1-4H3,(H,33,36)/b15-10+/t26-,27+/m0/s1. The van der Waals surface area contributed by atoms with Crippen molar-refractivity contribution in [1.29, 1.82) is 0 Å². The van der Waals surface area contributed by atoms with E-state index in [4.69, 9.17) is 15.2 Å². The van der Waals surface area contributed by atoms with Gasteiger partial charge in [0.2, 0.25) is 21.7 Å². The van der Waals surface area contributed by atoms with Crippen LogP contribution >= 0.6 is 0 Å². The Hall–Kier alpha value is -4.06. The number of hydrogen-bond acceptors (Lipinski definition) is 8. The van der Waals surface area contributed by atoms with E-state index >= 15 is 0 Å². The molecule has 0 saturated carbocycles. The Kier molecular flexibility index (Phi) is 11.4. The average molecular weight is 598 g/mol. The van der Waals surface area contributed by atoms with Crippen molar-refractivity contribution in [2.75, 3.05) is 33.0 Å². The molecule has 0 radical (unpaired) electrons. The van der Waals surface area contributed by atoms with Crippen LogP contribution in [0.4, 0.5) is 5.69 Å². The number of aromatic hydroxyl groups is 1. The summed E-state index contributed by atoms with van der Waals surface area (Å²) in [6.45, 7) is 3.71. The number of nitrogen functional groups attached to an aromatic ring is 1. The van der Waals surface area contributed by atoms with Gasteiger partial charge >= 0.3 is 0 Å². The maximum absolute atomic E-state index is 13.5. The lowest BCUT2D eigenvalue weighted by atomic mass is 10.0. The molecule has 0 aliphatic heterocycles. The maximum Gasteiger partial charge on any atom is 0.244 e. The van der Waals surface area contributed by atoms with E-state index < -0.39 is 28.1 Å². The van der Waals surface area contributed by atoms with Crippen LogP contribution in [0.25, 0.3) is 6.08 Å². The van der Waals surface area contributed by atoms with Crippen LogP contribution in [-0.4, -0.2) is 68.3 Å². The van der Waals surface area contributed by atoms with Crippen LogP contribution in [0.2, 0.25) is 0 Å². The first kappa shape index (κ1) is 32.5. The van der Waals surface area contributed by atoms with Gasteiger partial charge in [0.25, 0.3) is 0 Å². The largest absolute Gasteiger partial charge is 0.502 e. The molecule has 10 nitrogen and oxygen atoms in total. The SMILES string of the molecule is COc1cc(/C=C/C(=O)N[C@@H](Cc2ccccc2)[C@H](O)CN(CC(C)C)S(=O)(=O)c2ccc(N)cc2)cc(OC)c1O. The number of carbonyl (C=O) groups is 1. The molecule has 0 aromatic heterocycles. The Morgan fingerprint density at radius 3 is 2.14 bits per heavy atom. The van der Waals surface area contributed by atoms with Crippen molar-refractivity contribution in [2.24, 2.45) is 5.92 Å². The summed E-state index contributed by atoms with van der Waals surface area (Å²) in [5.41, 5.74) is 7.58. The van der Waals surface area contributed by atoms with E-state index in [9.17, 15) is 23.4 Å². The molecule has 0 bridgehead atoms. The third-order valence-corrected chi connectivity index (χ3v) is 8.34. The zero-order chi connectivity index (χ0) is 30.9. The lowest BCUT2D eigenvalue weighted by Crippen LogP contribution is -2.50. The highest BCUT2D eigenvalue weighted by Crippen LogP contribution is 2.37. The molecule has 11 heteroatoms. The van der Waals surface area contributed by atoms with E-state index in [2.05, 4.69) is 5.32 Å². The number of phenolic OH excluding ortho intramolecular Hbond substituents is 1. The second kappa shape index (κ2) is 14.7. The molecule has 3 aromatic carbocycles. The molecule has 0 spiro atoms. The van der Waals surface area contributed by atoms with E-state index in [-0.39, 0.29) is 47.6 Å². The first-order valence-corrected chi connectivity index (χ1v) is 14.9. The lowest BCUT2D eigenvalue weighted by Gasteiger charge is -2.30. The fraction of sp³-hybridized carbons (Fsp3) is 0.323. The number of phenols is 1. The molecule has 0 aliphatic rings. The summed E-state index contributed by atoms with van der Waals surface area (Å²) < 4.78 is 38.7. The van der Waals surface area contributed by atoms with Gasteiger partial charge in [-0.15, -0.1) is 0 Å². The number of amides is 1. The van der Waals surface area contributed by atoms with Gasteiger partial charge in [-0.25, -0.2) is 8.42 Å². The van der Waals surface area contributed by atoms with E-state index in [1.165, 1.54) is 54.9 Å². The van der Waals surface area contributed by atoms with Crippen molar-refractivity contribution < 1.29 is 32.9 Å². The first-order valence-electron chi connectivity index (χ1n) is 13.5. The highest BCUT2D eigenvalue weighted by molar-refractivity contribution is 7.89. The molecular formula is C31H39N3O7S. The third kappa shape index (κ3) is 8.72. The number of rotatable bonds is 14. The lowest BCUT2D eigenvalue weighted by molar-refractivity contribution is -0.118. The van der Waals surface area contributed by atoms with Crippen LogP contribution in [0, 0.1) is 5.92 Å². The molecule has 0 fully saturated rings. The summed E-state index contributed by atoms with van der Waals surface area (Å²) in [6, 6.07) is 17.5. The number of ether oxygens (including phenoxy) is 2. The number of sulfonamides is 1. The molecule has 1 amide bonds. The number of carbonyl (C=O) groups excluding carboxylic acids is 1. The molecule has 3 rings (SSSR count). The Morgan fingerprint density at radius 1 is 1.00 bits per heavy atom. The van der Waals surface area contributed by atoms with Crippen molar-refractivity contribution >= 4 is 27.7 Å². The third-order valence-electron chi connectivity index (χ3n) is 6.50. The van der Waals surface area contributed by atoms with E-state index in [0.717, 1.165) is 5.56 Å². The fourth-order valence-corrected chi connectivity index (χ4v) is 5.99. The molecule has 0 saturated heterocycles. The summed E-state index contributed by atoms with van der Waals surface area (Å²) in [7, 11) is -1.15. The van der Waals surface area contributed by atoms with E-state index in [0.29, 0.717) is 11.3 Å². The number of nitrogens with zero attached hydrogens (tertiary/aromatic N) is 1. The van der Waals surface area contributed by atoms with Gasteiger partial charge in [0.15, 0.2) is 11.5 Å². The van der Waals surface area contributed by atoms with Gasteiger partial charge < -0.3 is 30.7 Å². The molecule has 42 heavy (non-hydrogen) atoms. The number of methoxy groups -OCH3 is 2. The predicted molar refractivity (Wildman–Crippen MR) is 163 cm³/mol. The average Bonchev–Trinajstić information content (AvgIpc) is 2.96. The van der Waals surface area contributed by atoms with Crippen LogP contribution in [0.15, 0.2) is 77.7 Å². The summed E-state index contributed by atoms with van der Waals surface area (Å²) in [5, 5.41) is 24.4. The summed E-state index contributed by atoms with van der Waals surface area (Å²) in [5.74, 6) is -0.325. The van der Waals surface area contributed by atoms with Gasteiger partial charge in [-0.05, 0) is 65.9 Å². The van der Waals surface area contributed by atoms with E-state index in [1.54, 1.807) is 12.1 Å². The fourth-order valence-electron chi connectivity index (χ4n) is 4.37. The molecule has 3 aromatic rings. The van der Waals surface area contributed by atoms with Gasteiger partial charge in [0.1, 0.15) is 0 Å². The minimum atomic E-state index is -3.96. The molecule has 0 unspecified atom stereocenters. The van der Waals surface area contributed by atoms with Gasteiger partial charge in [0.05, 0.1) is 31.3 Å². The Labute approximate surface area is 247 Å². The maximum atomic E-state index is 13.5. The number of nitrogens with two attached hydrogens (primary N) is 1. The first-order chi connectivity index (χ1) is 19.9. The minimum Gasteiger partial charge on any atom is -0.502 e. The number of hydrogen-bond donors (Lipinski definition) is 4. The van der Waals surface area contributed by atoms with Crippen LogP contribution in [0.1, 0.15) is 25.0 Å². The number of benzene rings is 3. The highest BCUT2D eigenvalue weighted by Gasteiger charge is 2.31. The Morgan fingerprint density at radius 2 is 1.60 bits per heavy atom. The zero-order valence-corrected chi connectivity index (χ0v) is 25.0. The van der Waals surface area contributed by atoms with Crippen LogP contribution in [-0.2, 0) is 21.2 Å². The van der Waals surface area contributed by atoms with Gasteiger partial charge in [-0.3, -0.25) is 4.79 Å². The summed E-state index contributed by atoms with van der Waals surface area (Å²) in [6.07, 6.45) is 1.83. The van der Waals surface area contributed by atoms with Crippen molar-refractivity contribution in [3.05, 3.63) is 83.9 Å². The van der Waals surface area contributed by atoms with Crippen LogP contribution in [0.3, 0.4) is 0 Å². The predicted octanol–water partition coefficient (Wildman–Crippen LogP) is 3.44. The van der Waals surface area contributed by atoms with Gasteiger partial charge in [0, 0.05) is 24.9 Å². The molecular weight excluding hydrogens is 558 g/mol. The highest BCUT2D eigenvalue weighted by atomic mass is 32.2. The Bertz CT molecular complexity index is 1430. The second-order valence-electron chi connectivity index (χ2n) is 10.3. The summed E-state index contributed by atoms with van der Waals surface area (Å²) in [4.78, 5) is 13.1. The van der Waals surface area contributed by atoms with Gasteiger partial charge in [-0.1, -0.05) is 44.2 Å². The number of aliphatic hydroxyl groups excluding tert-OH is 1. The Balaban J connectivity index is 1.86. The molecule has 2 atom stereocenters. The van der Waals surface area contributed by atoms with Crippen molar-refractivity contribution in [3.8, 4) is 17.2 Å². The topological polar surface area (TPSA) is 151 Å². The zero-order valence-electron chi connectivity index (χ0n) is 24.2. The quantitative estimate of drug-likeness (QED) is 0.163. The minimum absolute atomic E-state index is 0.0230. The number of anilines is 1.